The molecule has 0 bridgehead atoms. The highest BCUT2D eigenvalue weighted by atomic mass is 35.5. The number of hydrogen-bond acceptors (Lipinski definition) is 3. The van der Waals surface area contributed by atoms with Crippen LogP contribution in [0.4, 0.5) is 4.79 Å². The highest BCUT2D eigenvalue weighted by Crippen LogP contribution is 2.31. The number of hydrogen-bond donors (Lipinski definition) is 2. The van der Waals surface area contributed by atoms with Gasteiger partial charge in [0.15, 0.2) is 0 Å². The highest BCUT2D eigenvalue weighted by Gasteiger charge is 2.16. The molecule has 0 aromatic heterocycles. The Morgan fingerprint density at radius 3 is 2.50 bits per heavy atom. The Morgan fingerprint density at radius 2 is 1.86 bits per heavy atom. The minimum absolute atomic E-state index is 0. The third-order valence-electron chi connectivity index (χ3n) is 3.85. The Labute approximate surface area is 136 Å². The Balaban J connectivity index is 0.00000176. The second kappa shape index (κ2) is 7.29. The predicted molar refractivity (Wildman–Crippen MR) is 89.6 cm³/mol. The minimum atomic E-state index is -0.795. The molecule has 5 heteroatoms. The van der Waals surface area contributed by atoms with Crippen LogP contribution in [0.15, 0.2) is 48.5 Å². The number of primary amides is 1. The van der Waals surface area contributed by atoms with Crippen molar-refractivity contribution in [3.8, 4) is 16.9 Å². The number of amides is 1. The Bertz CT molecular complexity index is 637. The molecular weight excluding hydrogens is 300 g/mol. The lowest BCUT2D eigenvalue weighted by atomic mass is 9.95. The fourth-order valence-electron chi connectivity index (χ4n) is 2.78. The van der Waals surface area contributed by atoms with Crippen molar-refractivity contribution in [2.45, 2.75) is 12.3 Å². The number of halogens is 1. The number of carbonyl (C=O) groups is 1. The van der Waals surface area contributed by atoms with E-state index in [2.05, 4.69) is 29.6 Å². The van der Waals surface area contributed by atoms with Crippen LogP contribution in [0.2, 0.25) is 0 Å². The first-order chi connectivity index (χ1) is 10.2. The molecule has 3 N–H and O–H groups in total. The van der Waals surface area contributed by atoms with Gasteiger partial charge < -0.3 is 15.8 Å². The lowest BCUT2D eigenvalue weighted by Crippen LogP contribution is -2.16. The molecule has 1 aliphatic heterocycles. The molecule has 0 radical (unpaired) electrons. The summed E-state index contributed by atoms with van der Waals surface area (Å²) in [6, 6.07) is 15.8. The van der Waals surface area contributed by atoms with E-state index in [0.717, 1.165) is 24.2 Å². The van der Waals surface area contributed by atoms with Gasteiger partial charge in [0.05, 0.1) is 0 Å². The second-order valence-electron chi connectivity index (χ2n) is 5.23. The van der Waals surface area contributed by atoms with E-state index in [9.17, 15) is 4.79 Å². The maximum atomic E-state index is 11.0. The van der Waals surface area contributed by atoms with E-state index in [0.29, 0.717) is 11.7 Å². The molecule has 4 nitrogen and oxygen atoms in total. The molecule has 116 valence electrons. The first kappa shape index (κ1) is 16.3. The van der Waals surface area contributed by atoms with Crippen molar-refractivity contribution in [3.63, 3.8) is 0 Å². The van der Waals surface area contributed by atoms with E-state index in [1.54, 1.807) is 6.07 Å². The Kier molecular flexibility index (Phi) is 5.41. The molecule has 0 saturated carbocycles. The number of ether oxygens (including phenoxy) is 1. The molecule has 22 heavy (non-hydrogen) atoms. The number of benzene rings is 2. The normalized spacial score (nSPS) is 16.8. The van der Waals surface area contributed by atoms with Gasteiger partial charge >= 0.3 is 6.09 Å². The summed E-state index contributed by atoms with van der Waals surface area (Å²) in [4.78, 5) is 11.0. The number of nitrogens with one attached hydrogen (secondary N) is 1. The molecule has 2 aromatic carbocycles. The summed E-state index contributed by atoms with van der Waals surface area (Å²) in [5, 5.41) is 3.38. The van der Waals surface area contributed by atoms with E-state index in [-0.39, 0.29) is 12.4 Å². The predicted octanol–water partition coefficient (Wildman–Crippen LogP) is 3.31. The summed E-state index contributed by atoms with van der Waals surface area (Å²) >= 11 is 0. The molecule has 2 aromatic rings. The maximum absolute atomic E-state index is 11.0. The smallest absolute Gasteiger partial charge is 0.409 e. The topological polar surface area (TPSA) is 64.4 Å². The van der Waals surface area contributed by atoms with E-state index < -0.39 is 6.09 Å². The van der Waals surface area contributed by atoms with Gasteiger partial charge in [-0.3, -0.25) is 0 Å². The Morgan fingerprint density at radius 1 is 1.14 bits per heavy atom. The quantitative estimate of drug-likeness (QED) is 0.912. The van der Waals surface area contributed by atoms with Crippen LogP contribution in [0, 0.1) is 0 Å². The van der Waals surface area contributed by atoms with Crippen molar-refractivity contribution >= 4 is 18.5 Å². The summed E-state index contributed by atoms with van der Waals surface area (Å²) in [6.07, 6.45) is 0.386. The zero-order valence-electron chi connectivity index (χ0n) is 12.1. The molecule has 3 rings (SSSR count). The van der Waals surface area contributed by atoms with Crippen LogP contribution in [0.5, 0.6) is 5.75 Å². The van der Waals surface area contributed by atoms with Gasteiger partial charge in [-0.05, 0) is 36.1 Å². The van der Waals surface area contributed by atoms with Crippen LogP contribution in [0.3, 0.4) is 0 Å². The van der Waals surface area contributed by atoms with Crippen LogP contribution in [-0.2, 0) is 0 Å². The van der Waals surface area contributed by atoms with Gasteiger partial charge in [-0.15, -0.1) is 12.4 Å². The summed E-state index contributed by atoms with van der Waals surface area (Å²) in [7, 11) is 0. The summed E-state index contributed by atoms with van der Waals surface area (Å²) in [6.45, 7) is 2.13. The zero-order valence-corrected chi connectivity index (χ0v) is 12.9. The van der Waals surface area contributed by atoms with E-state index >= 15 is 0 Å². The lowest BCUT2D eigenvalue weighted by Gasteiger charge is -2.12. The van der Waals surface area contributed by atoms with Crippen LogP contribution >= 0.6 is 12.4 Å². The second-order valence-corrected chi connectivity index (χ2v) is 5.23. The SMILES string of the molecule is Cl.NC(=O)Oc1ccccc1-c1ccc(C2CCNC2)cc1. The van der Waals surface area contributed by atoms with Gasteiger partial charge in [-0.1, -0.05) is 42.5 Å². The third kappa shape index (κ3) is 3.59. The number of para-hydroxylation sites is 1. The van der Waals surface area contributed by atoms with E-state index in [1.165, 1.54) is 12.0 Å². The van der Waals surface area contributed by atoms with Gasteiger partial charge in [0.2, 0.25) is 0 Å². The lowest BCUT2D eigenvalue weighted by molar-refractivity contribution is 0.211. The van der Waals surface area contributed by atoms with Crippen molar-refractivity contribution in [2.75, 3.05) is 13.1 Å². The van der Waals surface area contributed by atoms with Crippen molar-refractivity contribution in [3.05, 3.63) is 54.1 Å². The fourth-order valence-corrected chi connectivity index (χ4v) is 2.78. The first-order valence-electron chi connectivity index (χ1n) is 7.11. The fraction of sp³-hybridized carbons (Fsp3) is 0.235. The molecule has 0 aliphatic carbocycles. The van der Waals surface area contributed by atoms with Crippen LogP contribution in [0.25, 0.3) is 11.1 Å². The largest absolute Gasteiger partial charge is 0.410 e. The van der Waals surface area contributed by atoms with Gasteiger partial charge in [-0.2, -0.15) is 0 Å². The van der Waals surface area contributed by atoms with Crippen molar-refractivity contribution in [2.24, 2.45) is 5.73 Å². The Hall–Kier alpha value is -2.04. The number of nitrogens with two attached hydrogens (primary N) is 1. The molecular formula is C17H19ClN2O2. The molecule has 1 atom stereocenters. The molecule has 0 spiro atoms. The third-order valence-corrected chi connectivity index (χ3v) is 3.85. The molecule has 1 unspecified atom stereocenters. The zero-order chi connectivity index (χ0) is 14.7. The molecule has 1 heterocycles. The molecule has 1 saturated heterocycles. The standard InChI is InChI=1S/C17H18N2O2.ClH/c18-17(20)21-16-4-2-1-3-15(16)13-7-5-12(6-8-13)14-9-10-19-11-14;/h1-8,14,19H,9-11H2,(H2,18,20);1H. The summed E-state index contributed by atoms with van der Waals surface area (Å²) < 4.78 is 5.06. The highest BCUT2D eigenvalue weighted by molar-refractivity contribution is 5.85. The molecule has 1 fully saturated rings. The van der Waals surface area contributed by atoms with Crippen molar-refractivity contribution in [1.29, 1.82) is 0 Å². The summed E-state index contributed by atoms with van der Waals surface area (Å²) in [5.74, 6) is 1.08. The molecule has 1 aliphatic rings. The van der Waals surface area contributed by atoms with Crippen LogP contribution in [-0.4, -0.2) is 19.2 Å². The monoisotopic (exact) mass is 318 g/mol. The van der Waals surface area contributed by atoms with E-state index in [4.69, 9.17) is 10.5 Å². The van der Waals surface area contributed by atoms with Gasteiger partial charge in [0, 0.05) is 12.1 Å². The van der Waals surface area contributed by atoms with Crippen molar-refractivity contribution in [1.82, 2.24) is 5.32 Å². The van der Waals surface area contributed by atoms with Crippen LogP contribution in [0.1, 0.15) is 17.9 Å². The van der Waals surface area contributed by atoms with Crippen molar-refractivity contribution < 1.29 is 9.53 Å². The average molecular weight is 319 g/mol. The number of rotatable bonds is 3. The van der Waals surface area contributed by atoms with Gasteiger partial charge in [0.25, 0.3) is 0 Å². The molecule has 1 amide bonds. The van der Waals surface area contributed by atoms with Crippen LogP contribution < -0.4 is 15.8 Å². The van der Waals surface area contributed by atoms with E-state index in [1.807, 2.05) is 18.2 Å². The minimum Gasteiger partial charge on any atom is -0.410 e. The average Bonchev–Trinajstić information content (AvgIpc) is 3.02. The summed E-state index contributed by atoms with van der Waals surface area (Å²) in [5.41, 5.74) is 8.34. The maximum Gasteiger partial charge on any atom is 0.409 e. The van der Waals surface area contributed by atoms with Gasteiger partial charge in [0.1, 0.15) is 5.75 Å². The van der Waals surface area contributed by atoms with Gasteiger partial charge in [-0.25, -0.2) is 4.79 Å². The first-order valence-corrected chi connectivity index (χ1v) is 7.11. The number of carbonyl (C=O) groups excluding carboxylic acids is 1.